The second kappa shape index (κ2) is 4.80. The molecule has 1 aliphatic carbocycles. The minimum absolute atomic E-state index is 0.0469. The first kappa shape index (κ1) is 16.1. The van der Waals surface area contributed by atoms with Gasteiger partial charge in [0.05, 0.1) is 11.7 Å². The van der Waals surface area contributed by atoms with Gasteiger partial charge in [-0.3, -0.25) is 0 Å². The predicted octanol–water partition coefficient (Wildman–Crippen LogP) is 5.52. The van der Waals surface area contributed by atoms with Crippen LogP contribution in [0.25, 0.3) is 0 Å². The zero-order valence-corrected chi connectivity index (χ0v) is 15.6. The maximum absolute atomic E-state index is 6.72. The third-order valence-corrected chi connectivity index (χ3v) is 7.43. The molecule has 1 saturated heterocycles. The average Bonchev–Trinajstić information content (AvgIpc) is 2.97. The molecule has 4 heteroatoms. The standard InChI is InChI=1S/C19H24Cl2O2/c1-11-16(19(11,20)21)18(4)10-9-13-15(23-18)12-7-5-6-8-14(12)22-17(13,2)3/h5-8,11,13,15-16H,9-10H2,1-4H3/t11-,13+,15+,16-,18+/m1/s1. The highest BCUT2D eigenvalue weighted by Crippen LogP contribution is 2.67. The van der Waals surface area contributed by atoms with Gasteiger partial charge in [0.2, 0.25) is 0 Å². The Morgan fingerprint density at radius 1 is 1.13 bits per heavy atom. The zero-order chi connectivity index (χ0) is 16.6. The van der Waals surface area contributed by atoms with E-state index < -0.39 is 4.33 Å². The lowest BCUT2D eigenvalue weighted by molar-refractivity contribution is -0.199. The van der Waals surface area contributed by atoms with Crippen molar-refractivity contribution in [2.45, 2.75) is 62.2 Å². The lowest BCUT2D eigenvalue weighted by Gasteiger charge is -2.52. The van der Waals surface area contributed by atoms with Crippen LogP contribution in [0.4, 0.5) is 0 Å². The summed E-state index contributed by atoms with van der Waals surface area (Å²) in [6.45, 7) is 8.63. The van der Waals surface area contributed by atoms with Crippen LogP contribution in [0, 0.1) is 17.8 Å². The fraction of sp³-hybridized carbons (Fsp3) is 0.684. The highest BCUT2D eigenvalue weighted by molar-refractivity contribution is 6.51. The monoisotopic (exact) mass is 354 g/mol. The number of rotatable bonds is 1. The van der Waals surface area contributed by atoms with Gasteiger partial charge in [0.15, 0.2) is 0 Å². The van der Waals surface area contributed by atoms with Crippen LogP contribution in [-0.4, -0.2) is 15.5 Å². The van der Waals surface area contributed by atoms with Gasteiger partial charge < -0.3 is 9.47 Å². The predicted molar refractivity (Wildman–Crippen MR) is 93.2 cm³/mol. The zero-order valence-electron chi connectivity index (χ0n) is 14.1. The van der Waals surface area contributed by atoms with Crippen LogP contribution >= 0.6 is 23.2 Å². The van der Waals surface area contributed by atoms with E-state index >= 15 is 0 Å². The molecule has 0 bridgehead atoms. The van der Waals surface area contributed by atoms with Gasteiger partial charge in [0.1, 0.15) is 15.7 Å². The summed E-state index contributed by atoms with van der Waals surface area (Å²) >= 11 is 12.9. The molecule has 0 amide bonds. The van der Waals surface area contributed by atoms with Crippen LogP contribution in [-0.2, 0) is 4.74 Å². The van der Waals surface area contributed by atoms with Gasteiger partial charge in [0.25, 0.3) is 0 Å². The van der Waals surface area contributed by atoms with Crippen molar-refractivity contribution in [3.8, 4) is 5.75 Å². The van der Waals surface area contributed by atoms with E-state index in [1.807, 2.05) is 12.1 Å². The van der Waals surface area contributed by atoms with E-state index in [2.05, 4.69) is 39.8 Å². The topological polar surface area (TPSA) is 18.5 Å². The molecule has 0 unspecified atom stereocenters. The van der Waals surface area contributed by atoms with Gasteiger partial charge in [-0.2, -0.15) is 0 Å². The molecule has 1 aromatic carbocycles. The molecule has 2 heterocycles. The Bertz CT molecular complexity index is 642. The second-order valence-electron chi connectivity index (χ2n) is 8.18. The molecular formula is C19H24Cl2O2. The Labute approximate surface area is 148 Å². The number of hydrogen-bond acceptors (Lipinski definition) is 2. The SMILES string of the molecule is C[C@@H]1[C@H]([C@]2(C)CC[C@H]3[C@@H](O2)c2ccccc2OC3(C)C)C1(Cl)Cl. The fourth-order valence-electron chi connectivity index (χ4n) is 4.83. The number of alkyl halides is 2. The molecule has 2 nitrogen and oxygen atoms in total. The van der Waals surface area contributed by atoms with Gasteiger partial charge >= 0.3 is 0 Å². The minimum atomic E-state index is -0.651. The molecule has 0 aromatic heterocycles. The van der Waals surface area contributed by atoms with E-state index in [4.69, 9.17) is 32.7 Å². The third-order valence-electron chi connectivity index (χ3n) is 6.28. The van der Waals surface area contributed by atoms with E-state index in [1.165, 1.54) is 0 Å². The number of para-hydroxylation sites is 1. The minimum Gasteiger partial charge on any atom is -0.487 e. The summed E-state index contributed by atoms with van der Waals surface area (Å²) < 4.78 is 12.3. The summed E-state index contributed by atoms with van der Waals surface area (Å²) in [7, 11) is 0. The Kier molecular flexibility index (Phi) is 3.35. The normalized spacial score (nSPS) is 43.0. The summed E-state index contributed by atoms with van der Waals surface area (Å²) in [4.78, 5) is 0. The van der Waals surface area contributed by atoms with Gasteiger partial charge in [-0.1, -0.05) is 25.1 Å². The van der Waals surface area contributed by atoms with E-state index in [-0.39, 0.29) is 29.1 Å². The first-order chi connectivity index (χ1) is 10.7. The number of halogens is 2. The molecule has 2 fully saturated rings. The van der Waals surface area contributed by atoms with Crippen molar-refractivity contribution in [3.63, 3.8) is 0 Å². The van der Waals surface area contributed by atoms with Crippen molar-refractivity contribution in [1.29, 1.82) is 0 Å². The number of fused-ring (bicyclic) bond motifs is 3. The lowest BCUT2D eigenvalue weighted by atomic mass is 9.72. The molecule has 126 valence electrons. The average molecular weight is 355 g/mol. The van der Waals surface area contributed by atoms with Crippen LogP contribution in [0.1, 0.15) is 52.2 Å². The Morgan fingerprint density at radius 2 is 1.78 bits per heavy atom. The molecule has 4 rings (SSSR count). The number of ether oxygens (including phenoxy) is 2. The van der Waals surface area contributed by atoms with Crippen LogP contribution in [0.5, 0.6) is 5.75 Å². The molecule has 0 N–H and O–H groups in total. The molecule has 0 spiro atoms. The maximum atomic E-state index is 6.72. The van der Waals surface area contributed by atoms with Crippen molar-refractivity contribution in [1.82, 2.24) is 0 Å². The summed E-state index contributed by atoms with van der Waals surface area (Å²) in [6, 6.07) is 8.23. The Hall–Kier alpha value is -0.440. The molecule has 2 aliphatic heterocycles. The van der Waals surface area contributed by atoms with E-state index in [9.17, 15) is 0 Å². The molecule has 3 aliphatic rings. The Balaban J connectivity index is 1.71. The highest BCUT2D eigenvalue weighted by atomic mass is 35.5. The molecule has 23 heavy (non-hydrogen) atoms. The van der Waals surface area contributed by atoms with Gasteiger partial charge in [-0.05, 0) is 45.6 Å². The van der Waals surface area contributed by atoms with Crippen LogP contribution in [0.15, 0.2) is 24.3 Å². The number of benzene rings is 1. The summed E-state index contributed by atoms with van der Waals surface area (Å²) in [5.74, 6) is 1.75. The van der Waals surface area contributed by atoms with Gasteiger partial charge in [-0.15, -0.1) is 23.2 Å². The number of hydrogen-bond donors (Lipinski definition) is 0. The van der Waals surface area contributed by atoms with E-state index in [0.717, 1.165) is 24.2 Å². The van der Waals surface area contributed by atoms with Crippen LogP contribution in [0.2, 0.25) is 0 Å². The molecular weight excluding hydrogens is 331 g/mol. The molecule has 1 saturated carbocycles. The van der Waals surface area contributed by atoms with Gasteiger partial charge in [0, 0.05) is 17.4 Å². The first-order valence-corrected chi connectivity index (χ1v) is 9.26. The highest BCUT2D eigenvalue weighted by Gasteiger charge is 2.69. The van der Waals surface area contributed by atoms with Crippen molar-refractivity contribution >= 4 is 23.2 Å². The summed E-state index contributed by atoms with van der Waals surface area (Å²) in [6.07, 6.45) is 2.08. The fourth-order valence-corrected chi connectivity index (χ4v) is 5.79. The van der Waals surface area contributed by atoms with Crippen molar-refractivity contribution in [3.05, 3.63) is 29.8 Å². The van der Waals surface area contributed by atoms with E-state index in [1.54, 1.807) is 0 Å². The molecule has 0 radical (unpaired) electrons. The third kappa shape index (κ3) is 2.25. The van der Waals surface area contributed by atoms with E-state index in [0.29, 0.717) is 5.92 Å². The van der Waals surface area contributed by atoms with Crippen molar-refractivity contribution in [2.75, 3.05) is 0 Å². The van der Waals surface area contributed by atoms with Crippen molar-refractivity contribution < 1.29 is 9.47 Å². The lowest BCUT2D eigenvalue weighted by Crippen LogP contribution is -2.52. The summed E-state index contributed by atoms with van der Waals surface area (Å²) in [5, 5.41) is 0. The van der Waals surface area contributed by atoms with Crippen LogP contribution in [0.3, 0.4) is 0 Å². The van der Waals surface area contributed by atoms with Crippen molar-refractivity contribution in [2.24, 2.45) is 17.8 Å². The first-order valence-electron chi connectivity index (χ1n) is 8.50. The summed E-state index contributed by atoms with van der Waals surface area (Å²) in [5.41, 5.74) is 0.657. The Morgan fingerprint density at radius 3 is 2.43 bits per heavy atom. The molecule has 5 atom stereocenters. The van der Waals surface area contributed by atoms with Crippen LogP contribution < -0.4 is 4.74 Å². The second-order valence-corrected chi connectivity index (χ2v) is 9.62. The quantitative estimate of drug-likeness (QED) is 0.617. The smallest absolute Gasteiger partial charge is 0.127 e. The largest absolute Gasteiger partial charge is 0.487 e. The maximum Gasteiger partial charge on any atom is 0.127 e. The van der Waals surface area contributed by atoms with Gasteiger partial charge in [-0.25, -0.2) is 0 Å². The molecule has 1 aromatic rings.